The van der Waals surface area contributed by atoms with Crippen molar-refractivity contribution in [3.8, 4) is 11.5 Å². The van der Waals surface area contributed by atoms with Gasteiger partial charge in [-0.15, -0.1) is 0 Å². The molecule has 3 aromatic rings. The Labute approximate surface area is 172 Å². The lowest BCUT2D eigenvalue weighted by molar-refractivity contribution is -0.113. The highest BCUT2D eigenvalue weighted by Crippen LogP contribution is 2.36. The van der Waals surface area contributed by atoms with Gasteiger partial charge in [0, 0.05) is 11.8 Å². The van der Waals surface area contributed by atoms with Crippen molar-refractivity contribution in [1.82, 2.24) is 14.8 Å². The van der Waals surface area contributed by atoms with Crippen LogP contribution in [0.15, 0.2) is 60.1 Å². The maximum Gasteiger partial charge on any atom is 0.255 e. The first-order valence-electron chi connectivity index (χ1n) is 9.18. The molecule has 154 valence electrons. The number of aromatic nitrogens is 3. The van der Waals surface area contributed by atoms with Gasteiger partial charge in [-0.3, -0.25) is 4.79 Å². The van der Waals surface area contributed by atoms with Crippen molar-refractivity contribution < 1.29 is 18.7 Å². The molecular weight excluding hydrogens is 389 g/mol. The summed E-state index contributed by atoms with van der Waals surface area (Å²) in [5.74, 6) is 0.729. The summed E-state index contributed by atoms with van der Waals surface area (Å²) in [5.41, 5.74) is 1.99. The Morgan fingerprint density at radius 2 is 2.03 bits per heavy atom. The van der Waals surface area contributed by atoms with Crippen LogP contribution in [0.4, 0.5) is 16.0 Å². The van der Waals surface area contributed by atoms with Crippen molar-refractivity contribution in [3.05, 3.63) is 71.4 Å². The second-order valence-corrected chi connectivity index (χ2v) is 6.67. The van der Waals surface area contributed by atoms with Gasteiger partial charge in [0.1, 0.15) is 29.7 Å². The van der Waals surface area contributed by atoms with E-state index in [1.165, 1.54) is 32.7 Å². The minimum absolute atomic E-state index is 0.378. The van der Waals surface area contributed by atoms with Crippen LogP contribution in [0, 0.1) is 5.82 Å². The molecule has 2 heterocycles. The summed E-state index contributed by atoms with van der Waals surface area (Å²) in [6.07, 6.45) is 1.38. The summed E-state index contributed by atoms with van der Waals surface area (Å²) in [5, 5.41) is 10.2. The van der Waals surface area contributed by atoms with Crippen LogP contribution >= 0.6 is 0 Å². The summed E-state index contributed by atoms with van der Waals surface area (Å²) in [6, 6.07) is 10.5. The fourth-order valence-electron chi connectivity index (χ4n) is 3.47. The lowest BCUT2D eigenvalue weighted by atomic mass is 9.95. The molecule has 0 radical (unpaired) electrons. The minimum Gasteiger partial charge on any atom is -0.497 e. The van der Waals surface area contributed by atoms with Gasteiger partial charge < -0.3 is 20.1 Å². The number of allylic oxidation sites excluding steroid dienone is 1. The van der Waals surface area contributed by atoms with E-state index < -0.39 is 11.9 Å². The average Bonchev–Trinajstić information content (AvgIpc) is 3.20. The summed E-state index contributed by atoms with van der Waals surface area (Å²) in [7, 11) is 3.05. The Kier molecular flexibility index (Phi) is 5.09. The number of nitrogens with one attached hydrogen (secondary N) is 2. The van der Waals surface area contributed by atoms with Gasteiger partial charge >= 0.3 is 0 Å². The van der Waals surface area contributed by atoms with Gasteiger partial charge in [-0.05, 0) is 36.8 Å². The number of anilines is 2. The molecule has 8 nitrogen and oxygen atoms in total. The number of fused-ring (bicyclic) bond motifs is 1. The smallest absolute Gasteiger partial charge is 0.255 e. The van der Waals surface area contributed by atoms with E-state index in [-0.39, 0.29) is 5.91 Å². The summed E-state index contributed by atoms with van der Waals surface area (Å²) in [6.45, 7) is 1.77. The molecule has 2 N–H and O–H groups in total. The fraction of sp³-hybridized carbons (Fsp3) is 0.190. The number of methoxy groups -OCH3 is 2. The zero-order chi connectivity index (χ0) is 21.3. The largest absolute Gasteiger partial charge is 0.497 e. The molecule has 0 bridgehead atoms. The van der Waals surface area contributed by atoms with Crippen molar-refractivity contribution in [2.75, 3.05) is 24.9 Å². The maximum atomic E-state index is 14.0. The first kappa shape index (κ1) is 19.4. The number of rotatable bonds is 5. The molecule has 9 heteroatoms. The van der Waals surface area contributed by atoms with Crippen molar-refractivity contribution in [1.29, 1.82) is 0 Å². The highest BCUT2D eigenvalue weighted by Gasteiger charge is 2.34. The molecule has 0 fully saturated rings. The Balaban J connectivity index is 1.77. The first-order chi connectivity index (χ1) is 14.5. The minimum atomic E-state index is -0.656. The molecule has 0 aliphatic carbocycles. The number of nitrogens with zero attached hydrogens (tertiary/aromatic N) is 3. The molecule has 1 aliphatic heterocycles. The second-order valence-electron chi connectivity index (χ2n) is 6.67. The topological polar surface area (TPSA) is 90.3 Å². The molecular formula is C21H20FN5O3. The number of halogens is 1. The Morgan fingerprint density at radius 3 is 2.77 bits per heavy atom. The van der Waals surface area contributed by atoms with Gasteiger partial charge in [0.05, 0.1) is 25.5 Å². The van der Waals surface area contributed by atoms with E-state index in [0.717, 1.165) is 0 Å². The highest BCUT2D eigenvalue weighted by atomic mass is 19.1. The number of hydrogen-bond donors (Lipinski definition) is 2. The highest BCUT2D eigenvalue weighted by molar-refractivity contribution is 6.06. The van der Waals surface area contributed by atoms with Crippen LogP contribution in [-0.2, 0) is 4.79 Å². The van der Waals surface area contributed by atoms with Crippen LogP contribution < -0.4 is 20.1 Å². The van der Waals surface area contributed by atoms with Crippen LogP contribution in [0.1, 0.15) is 18.5 Å². The Bertz CT molecular complexity index is 1140. The van der Waals surface area contributed by atoms with Crippen molar-refractivity contribution in [2.24, 2.45) is 0 Å². The van der Waals surface area contributed by atoms with Gasteiger partial charge in [-0.1, -0.05) is 12.1 Å². The third-order valence-electron chi connectivity index (χ3n) is 4.86. The molecule has 0 saturated carbocycles. The lowest BCUT2D eigenvalue weighted by Crippen LogP contribution is -2.31. The quantitative estimate of drug-likeness (QED) is 0.672. The number of hydrogen-bond acceptors (Lipinski definition) is 6. The van der Waals surface area contributed by atoms with Gasteiger partial charge in [-0.2, -0.15) is 10.1 Å². The van der Waals surface area contributed by atoms with E-state index in [9.17, 15) is 9.18 Å². The average molecular weight is 409 g/mol. The van der Waals surface area contributed by atoms with E-state index in [1.54, 1.807) is 41.9 Å². The second kappa shape index (κ2) is 7.86. The number of ether oxygens (including phenoxy) is 2. The van der Waals surface area contributed by atoms with Crippen molar-refractivity contribution in [2.45, 2.75) is 13.0 Å². The number of amides is 1. The summed E-state index contributed by atoms with van der Waals surface area (Å²) < 4.78 is 26.1. The third kappa shape index (κ3) is 3.45. The number of carbonyl (C=O) groups excluding carboxylic acids is 1. The van der Waals surface area contributed by atoms with Crippen molar-refractivity contribution in [3.63, 3.8) is 0 Å². The van der Waals surface area contributed by atoms with Crippen LogP contribution in [-0.4, -0.2) is 34.9 Å². The van der Waals surface area contributed by atoms with Crippen LogP contribution in [0.3, 0.4) is 0 Å². The van der Waals surface area contributed by atoms with Gasteiger partial charge in [0.15, 0.2) is 0 Å². The summed E-state index contributed by atoms with van der Waals surface area (Å²) >= 11 is 0. The van der Waals surface area contributed by atoms with Gasteiger partial charge in [0.25, 0.3) is 5.91 Å². The molecule has 0 spiro atoms. The molecule has 0 saturated heterocycles. The predicted octanol–water partition coefficient (Wildman–Crippen LogP) is 3.36. The zero-order valence-electron chi connectivity index (χ0n) is 16.6. The molecule has 1 atom stereocenters. The van der Waals surface area contributed by atoms with Crippen LogP contribution in [0.5, 0.6) is 11.5 Å². The molecule has 30 heavy (non-hydrogen) atoms. The molecule has 2 aromatic carbocycles. The fourth-order valence-corrected chi connectivity index (χ4v) is 3.47. The molecule has 1 aliphatic rings. The summed E-state index contributed by atoms with van der Waals surface area (Å²) in [4.78, 5) is 17.6. The molecule has 1 aromatic heterocycles. The molecule has 1 amide bonds. The lowest BCUT2D eigenvalue weighted by Gasteiger charge is -2.29. The van der Waals surface area contributed by atoms with Gasteiger partial charge in [0.2, 0.25) is 5.95 Å². The number of benzene rings is 2. The SMILES string of the molecule is COc1ccc(OC)c(NC(=O)C2=C(C)Nc3ncnn3C2c2cccc(F)c2)c1. The van der Waals surface area contributed by atoms with Crippen LogP contribution in [0.25, 0.3) is 0 Å². The molecule has 4 rings (SSSR count). The monoisotopic (exact) mass is 409 g/mol. The van der Waals surface area contributed by atoms with Crippen LogP contribution in [0.2, 0.25) is 0 Å². The van der Waals surface area contributed by atoms with Gasteiger partial charge in [-0.25, -0.2) is 9.07 Å². The van der Waals surface area contributed by atoms with E-state index >= 15 is 0 Å². The van der Waals surface area contributed by atoms with E-state index in [1.807, 2.05) is 0 Å². The van der Waals surface area contributed by atoms with E-state index in [4.69, 9.17) is 9.47 Å². The maximum absolute atomic E-state index is 14.0. The van der Waals surface area contributed by atoms with E-state index in [0.29, 0.717) is 40.0 Å². The molecule has 1 unspecified atom stereocenters. The third-order valence-corrected chi connectivity index (χ3v) is 4.86. The normalized spacial score (nSPS) is 15.3. The Hall–Kier alpha value is -3.88. The zero-order valence-corrected chi connectivity index (χ0v) is 16.6. The standard InChI is InChI=1S/C21H20FN5O3/c1-12-18(20(28)26-16-10-15(29-2)7-8-17(16)30-3)19(13-5-4-6-14(22)9-13)27-21(25-12)23-11-24-27/h4-11,19H,1-3H3,(H,26,28)(H,23,24,25). The Morgan fingerprint density at radius 1 is 1.20 bits per heavy atom. The number of carbonyl (C=O) groups is 1. The predicted molar refractivity (Wildman–Crippen MR) is 109 cm³/mol. The van der Waals surface area contributed by atoms with E-state index in [2.05, 4.69) is 20.7 Å². The first-order valence-corrected chi connectivity index (χ1v) is 9.18. The van der Waals surface area contributed by atoms with Crippen molar-refractivity contribution >= 4 is 17.5 Å².